The van der Waals surface area contributed by atoms with Crippen molar-refractivity contribution >= 4 is 17.7 Å². The van der Waals surface area contributed by atoms with Crippen LogP contribution in [0.3, 0.4) is 0 Å². The molecule has 144 valence electrons. The fourth-order valence-corrected chi connectivity index (χ4v) is 5.43. The minimum Gasteiger partial charge on any atom is -0.462 e. The van der Waals surface area contributed by atoms with E-state index < -0.39 is 35.6 Å². The monoisotopic (exact) mass is 364 g/mol. The molecule has 2 aliphatic carbocycles. The molecule has 1 N–H and O–H groups in total. The van der Waals surface area contributed by atoms with E-state index in [-0.39, 0.29) is 35.9 Å². The normalized spacial score (nSPS) is 44.6. The summed E-state index contributed by atoms with van der Waals surface area (Å²) in [6, 6.07) is 0. The molecule has 1 heterocycles. The van der Waals surface area contributed by atoms with Crippen LogP contribution in [0.2, 0.25) is 0 Å². The van der Waals surface area contributed by atoms with Crippen molar-refractivity contribution in [3.63, 3.8) is 0 Å². The van der Waals surface area contributed by atoms with Gasteiger partial charge in [-0.25, -0.2) is 4.79 Å². The third kappa shape index (κ3) is 2.79. The van der Waals surface area contributed by atoms with E-state index in [1.165, 1.54) is 6.08 Å². The number of hydrogen-bond donors (Lipinski definition) is 1. The molecule has 3 aliphatic rings. The van der Waals surface area contributed by atoms with Gasteiger partial charge in [0.1, 0.15) is 18.0 Å². The van der Waals surface area contributed by atoms with Crippen molar-refractivity contribution in [1.82, 2.24) is 0 Å². The minimum absolute atomic E-state index is 0.0285. The Morgan fingerprint density at radius 3 is 2.58 bits per heavy atom. The smallest absolute Gasteiger partial charge is 0.330 e. The zero-order chi connectivity index (χ0) is 19.4. The van der Waals surface area contributed by atoms with Crippen LogP contribution in [0.15, 0.2) is 11.6 Å². The summed E-state index contributed by atoms with van der Waals surface area (Å²) >= 11 is 0. The van der Waals surface area contributed by atoms with Crippen molar-refractivity contribution in [1.29, 1.82) is 0 Å². The highest BCUT2D eigenvalue weighted by atomic mass is 16.6. The van der Waals surface area contributed by atoms with E-state index in [1.807, 2.05) is 6.92 Å². The molecule has 0 spiro atoms. The van der Waals surface area contributed by atoms with Crippen LogP contribution in [-0.2, 0) is 23.9 Å². The number of esters is 2. The number of ketones is 1. The highest BCUT2D eigenvalue weighted by Crippen LogP contribution is 2.56. The maximum absolute atomic E-state index is 12.9. The van der Waals surface area contributed by atoms with Gasteiger partial charge in [-0.1, -0.05) is 19.4 Å². The lowest BCUT2D eigenvalue weighted by Gasteiger charge is -2.40. The highest BCUT2D eigenvalue weighted by molar-refractivity contribution is 5.90. The van der Waals surface area contributed by atoms with E-state index >= 15 is 0 Å². The summed E-state index contributed by atoms with van der Waals surface area (Å²) in [7, 11) is 0. The Balaban J connectivity index is 2.08. The quantitative estimate of drug-likeness (QED) is 0.596. The molecule has 6 heteroatoms. The second-order valence-corrected chi connectivity index (χ2v) is 8.64. The molecule has 0 aromatic rings. The molecular formula is C20H28O6. The van der Waals surface area contributed by atoms with Gasteiger partial charge >= 0.3 is 11.9 Å². The molecule has 0 aromatic heterocycles. The summed E-state index contributed by atoms with van der Waals surface area (Å²) in [6.07, 6.45) is 0.0399. The maximum atomic E-state index is 12.9. The molecule has 3 fully saturated rings. The second kappa shape index (κ2) is 6.48. The Morgan fingerprint density at radius 1 is 1.31 bits per heavy atom. The third-order valence-corrected chi connectivity index (χ3v) is 6.56. The average molecular weight is 364 g/mol. The number of carbonyl (C=O) groups excluding carboxylic acids is 3. The summed E-state index contributed by atoms with van der Waals surface area (Å²) in [4.78, 5) is 37.6. The number of aliphatic hydroxyl groups excluding tert-OH is 1. The standard InChI is InChI=1S/C20H28O6/c1-9(2)6-15(23)26-18-16-11(4)19(24)25-13(16)7-10(3)17-12(21)8-14(22)20(17,18)5/h6,10-13,16-18,21H,7-8H2,1-5H3/t10-,11+,12-,13-,16-,17+,18+,20+/m1/s1. The van der Waals surface area contributed by atoms with Gasteiger partial charge in [-0.15, -0.1) is 0 Å². The van der Waals surface area contributed by atoms with E-state index in [0.717, 1.165) is 5.57 Å². The van der Waals surface area contributed by atoms with Crippen molar-refractivity contribution in [2.75, 3.05) is 0 Å². The van der Waals surface area contributed by atoms with Crippen LogP contribution >= 0.6 is 0 Å². The largest absolute Gasteiger partial charge is 0.462 e. The first-order valence-corrected chi connectivity index (χ1v) is 9.34. The lowest BCUT2D eigenvalue weighted by atomic mass is 9.66. The van der Waals surface area contributed by atoms with E-state index in [1.54, 1.807) is 27.7 Å². The average Bonchev–Trinajstić information content (AvgIpc) is 2.87. The first kappa shape index (κ1) is 19.1. The second-order valence-electron chi connectivity index (χ2n) is 8.64. The molecule has 1 aliphatic heterocycles. The number of carbonyl (C=O) groups is 3. The number of allylic oxidation sites excluding steroid dienone is 1. The summed E-state index contributed by atoms with van der Waals surface area (Å²) < 4.78 is 11.4. The van der Waals surface area contributed by atoms with Crippen LogP contribution < -0.4 is 0 Å². The van der Waals surface area contributed by atoms with Crippen LogP contribution in [0.5, 0.6) is 0 Å². The van der Waals surface area contributed by atoms with Gasteiger partial charge in [0.15, 0.2) is 0 Å². The molecule has 0 aromatic carbocycles. The van der Waals surface area contributed by atoms with Crippen molar-refractivity contribution in [3.05, 3.63) is 11.6 Å². The van der Waals surface area contributed by atoms with Gasteiger partial charge in [0.05, 0.1) is 17.4 Å². The van der Waals surface area contributed by atoms with Gasteiger partial charge in [-0.2, -0.15) is 0 Å². The molecule has 0 bridgehead atoms. The molecule has 2 saturated carbocycles. The summed E-state index contributed by atoms with van der Waals surface area (Å²) in [6.45, 7) is 9.10. The fraction of sp³-hybridized carbons (Fsp3) is 0.750. The topological polar surface area (TPSA) is 89.9 Å². The number of fused-ring (bicyclic) bond motifs is 2. The SMILES string of the molecule is CC(C)=CC(=O)O[C@H]1[C@@H]2[C@H](C)C(=O)O[C@@H]2C[C@@H](C)[C@H]2[C@H](O)CC(=O)[C@@]21C. The molecule has 26 heavy (non-hydrogen) atoms. The number of hydrogen-bond acceptors (Lipinski definition) is 6. The molecule has 0 radical (unpaired) electrons. The summed E-state index contributed by atoms with van der Waals surface area (Å²) in [5.74, 6) is -2.15. The molecule has 0 unspecified atom stereocenters. The van der Waals surface area contributed by atoms with Gasteiger partial charge in [0.25, 0.3) is 0 Å². The van der Waals surface area contributed by atoms with E-state index in [9.17, 15) is 19.5 Å². The van der Waals surface area contributed by atoms with Crippen LogP contribution in [0.4, 0.5) is 0 Å². The van der Waals surface area contributed by atoms with Crippen LogP contribution in [-0.4, -0.2) is 41.1 Å². The van der Waals surface area contributed by atoms with Gasteiger partial charge in [0, 0.05) is 24.3 Å². The molecule has 6 nitrogen and oxygen atoms in total. The van der Waals surface area contributed by atoms with Crippen LogP contribution in [0, 0.1) is 29.1 Å². The molecule has 8 atom stereocenters. The first-order valence-electron chi connectivity index (χ1n) is 9.34. The van der Waals surface area contributed by atoms with Crippen LogP contribution in [0.1, 0.15) is 47.5 Å². The van der Waals surface area contributed by atoms with Crippen LogP contribution in [0.25, 0.3) is 0 Å². The predicted molar refractivity (Wildman–Crippen MR) is 92.9 cm³/mol. The number of rotatable bonds is 2. The lowest BCUT2D eigenvalue weighted by Crippen LogP contribution is -2.50. The number of aliphatic hydroxyl groups is 1. The third-order valence-electron chi connectivity index (χ3n) is 6.56. The molecule has 1 saturated heterocycles. The van der Waals surface area contributed by atoms with Gasteiger partial charge in [-0.3, -0.25) is 9.59 Å². The zero-order valence-electron chi connectivity index (χ0n) is 16.0. The van der Waals surface area contributed by atoms with Gasteiger partial charge in [-0.05, 0) is 33.1 Å². The summed E-state index contributed by atoms with van der Waals surface area (Å²) in [5.41, 5.74) is -0.231. The Hall–Kier alpha value is -1.69. The first-order chi connectivity index (χ1) is 12.1. The minimum atomic E-state index is -1.02. The molecule has 0 amide bonds. The number of ether oxygens (including phenoxy) is 2. The van der Waals surface area contributed by atoms with Crippen molar-refractivity contribution in [3.8, 4) is 0 Å². The predicted octanol–water partition coefficient (Wildman–Crippen LogP) is 2.04. The fourth-order valence-electron chi connectivity index (χ4n) is 5.43. The molecule has 3 rings (SSSR count). The van der Waals surface area contributed by atoms with Crippen molar-refractivity contribution in [2.24, 2.45) is 29.1 Å². The van der Waals surface area contributed by atoms with E-state index in [0.29, 0.717) is 6.42 Å². The van der Waals surface area contributed by atoms with Crippen molar-refractivity contribution in [2.45, 2.75) is 65.8 Å². The van der Waals surface area contributed by atoms with Crippen molar-refractivity contribution < 1.29 is 29.0 Å². The lowest BCUT2D eigenvalue weighted by molar-refractivity contribution is -0.164. The van der Waals surface area contributed by atoms with E-state index in [4.69, 9.17) is 9.47 Å². The van der Waals surface area contributed by atoms with Gasteiger partial charge in [0.2, 0.25) is 0 Å². The highest BCUT2D eigenvalue weighted by Gasteiger charge is 2.66. The van der Waals surface area contributed by atoms with E-state index in [2.05, 4.69) is 0 Å². The van der Waals surface area contributed by atoms with Gasteiger partial charge < -0.3 is 14.6 Å². The number of Topliss-reactive ketones (excluding diaryl/α,β-unsaturated/α-hetero) is 1. The molecular weight excluding hydrogens is 336 g/mol. The Bertz CT molecular complexity index is 663. The Labute approximate surface area is 153 Å². The maximum Gasteiger partial charge on any atom is 0.330 e. The Morgan fingerprint density at radius 2 is 1.96 bits per heavy atom. The Kier molecular flexibility index (Phi) is 4.76. The summed E-state index contributed by atoms with van der Waals surface area (Å²) in [5, 5.41) is 10.6. The zero-order valence-corrected chi connectivity index (χ0v) is 16.0.